The van der Waals surface area contributed by atoms with Crippen LogP contribution in [0.25, 0.3) is 0 Å². The van der Waals surface area contributed by atoms with Crippen molar-refractivity contribution >= 4 is 30.3 Å². The maximum absolute atomic E-state index is 11.4. The van der Waals surface area contributed by atoms with E-state index in [2.05, 4.69) is 24.2 Å². The average molecular weight is 233 g/mol. The van der Waals surface area contributed by atoms with Gasteiger partial charge in [0.2, 0.25) is 5.91 Å². The van der Waals surface area contributed by atoms with Crippen molar-refractivity contribution in [1.82, 2.24) is 5.32 Å². The number of rotatable bonds is 4. The number of nitrogens with one attached hydrogen (secondary N) is 1. The van der Waals surface area contributed by atoms with E-state index in [1.165, 1.54) is 19.3 Å². The van der Waals surface area contributed by atoms with E-state index >= 15 is 0 Å². The van der Waals surface area contributed by atoms with E-state index in [1.54, 1.807) is 0 Å². The van der Waals surface area contributed by atoms with Gasteiger partial charge >= 0.3 is 0 Å². The van der Waals surface area contributed by atoms with E-state index in [0.29, 0.717) is 23.5 Å². The Labute approximate surface area is 96.0 Å². The minimum absolute atomic E-state index is 0.158. The molecule has 2 unspecified atom stereocenters. The summed E-state index contributed by atoms with van der Waals surface area (Å²) in [4.78, 5) is 11.4. The standard InChI is InChI=1S/C10H19NOS2/c1-14-9-5-3-2-4-8(9)11-10(12)6-7-13/h8-9,13H,2-7H2,1H3,(H,11,12). The van der Waals surface area contributed by atoms with Crippen molar-refractivity contribution < 1.29 is 4.79 Å². The number of hydrogen-bond acceptors (Lipinski definition) is 3. The molecular weight excluding hydrogens is 214 g/mol. The Balaban J connectivity index is 2.36. The zero-order valence-electron chi connectivity index (χ0n) is 8.66. The molecule has 1 fully saturated rings. The van der Waals surface area contributed by atoms with Gasteiger partial charge in [0, 0.05) is 17.7 Å². The smallest absolute Gasteiger partial charge is 0.221 e. The minimum atomic E-state index is 0.158. The summed E-state index contributed by atoms with van der Waals surface area (Å²) in [7, 11) is 0. The van der Waals surface area contributed by atoms with E-state index in [1.807, 2.05) is 11.8 Å². The lowest BCUT2D eigenvalue weighted by Gasteiger charge is -2.30. The van der Waals surface area contributed by atoms with Gasteiger partial charge in [-0.3, -0.25) is 4.79 Å². The number of hydrogen-bond donors (Lipinski definition) is 2. The van der Waals surface area contributed by atoms with Crippen LogP contribution in [0.2, 0.25) is 0 Å². The van der Waals surface area contributed by atoms with Crippen LogP contribution < -0.4 is 5.32 Å². The molecule has 1 saturated carbocycles. The lowest BCUT2D eigenvalue weighted by Crippen LogP contribution is -2.43. The average Bonchev–Trinajstić information content (AvgIpc) is 2.19. The third-order valence-electron chi connectivity index (χ3n) is 2.69. The monoisotopic (exact) mass is 233 g/mol. The summed E-state index contributed by atoms with van der Waals surface area (Å²) in [6.45, 7) is 0. The molecule has 0 aromatic heterocycles. The lowest BCUT2D eigenvalue weighted by molar-refractivity contribution is -0.121. The minimum Gasteiger partial charge on any atom is -0.352 e. The van der Waals surface area contributed by atoms with E-state index in [4.69, 9.17) is 0 Å². The Morgan fingerprint density at radius 3 is 2.86 bits per heavy atom. The molecule has 0 bridgehead atoms. The maximum Gasteiger partial charge on any atom is 0.221 e. The first-order valence-electron chi connectivity index (χ1n) is 5.21. The quantitative estimate of drug-likeness (QED) is 0.728. The molecule has 0 aliphatic heterocycles. The molecular formula is C10H19NOS2. The second kappa shape index (κ2) is 6.62. The van der Waals surface area contributed by atoms with Gasteiger partial charge in [-0.2, -0.15) is 24.4 Å². The highest BCUT2D eigenvalue weighted by Gasteiger charge is 2.25. The zero-order chi connectivity index (χ0) is 10.4. The third kappa shape index (κ3) is 3.73. The molecule has 1 aliphatic rings. The molecule has 0 saturated heterocycles. The second-order valence-electron chi connectivity index (χ2n) is 3.71. The molecule has 4 heteroatoms. The molecule has 0 heterocycles. The molecule has 82 valence electrons. The molecule has 0 spiro atoms. The van der Waals surface area contributed by atoms with Crippen molar-refractivity contribution in [2.45, 2.75) is 43.4 Å². The normalized spacial score (nSPS) is 27.3. The maximum atomic E-state index is 11.4. The summed E-state index contributed by atoms with van der Waals surface area (Å²) in [5, 5.41) is 3.73. The van der Waals surface area contributed by atoms with E-state index in [0.717, 1.165) is 6.42 Å². The summed E-state index contributed by atoms with van der Waals surface area (Å²) in [6.07, 6.45) is 7.62. The van der Waals surface area contributed by atoms with Crippen LogP contribution in [0.1, 0.15) is 32.1 Å². The van der Waals surface area contributed by atoms with Crippen LogP contribution in [0.4, 0.5) is 0 Å². The van der Waals surface area contributed by atoms with Crippen molar-refractivity contribution in [3.63, 3.8) is 0 Å². The van der Waals surface area contributed by atoms with E-state index in [9.17, 15) is 4.79 Å². The SMILES string of the molecule is CSC1CCCCC1NC(=O)CCS. The molecule has 0 radical (unpaired) electrons. The summed E-state index contributed by atoms with van der Waals surface area (Å²) in [5.41, 5.74) is 0. The largest absolute Gasteiger partial charge is 0.352 e. The molecule has 1 aliphatic carbocycles. The predicted octanol–water partition coefficient (Wildman–Crippen LogP) is 2.10. The number of thiol groups is 1. The predicted molar refractivity (Wildman–Crippen MR) is 66.2 cm³/mol. The first kappa shape index (κ1) is 12.2. The summed E-state index contributed by atoms with van der Waals surface area (Å²) < 4.78 is 0. The fourth-order valence-electron chi connectivity index (χ4n) is 1.92. The third-order valence-corrected chi connectivity index (χ3v) is 4.08. The molecule has 1 N–H and O–H groups in total. The van der Waals surface area contributed by atoms with Gasteiger partial charge in [0.15, 0.2) is 0 Å². The first-order valence-corrected chi connectivity index (χ1v) is 7.13. The van der Waals surface area contributed by atoms with Crippen molar-refractivity contribution in [2.75, 3.05) is 12.0 Å². The summed E-state index contributed by atoms with van der Waals surface area (Å²) in [5.74, 6) is 0.800. The highest BCUT2D eigenvalue weighted by Crippen LogP contribution is 2.27. The van der Waals surface area contributed by atoms with Crippen LogP contribution in [0, 0.1) is 0 Å². The fourth-order valence-corrected chi connectivity index (χ4v) is 3.06. The highest BCUT2D eigenvalue weighted by atomic mass is 32.2. The van der Waals surface area contributed by atoms with Gasteiger partial charge in [0.1, 0.15) is 0 Å². The van der Waals surface area contributed by atoms with Crippen LogP contribution in [-0.4, -0.2) is 29.2 Å². The van der Waals surface area contributed by atoms with Crippen LogP contribution in [0.3, 0.4) is 0 Å². The van der Waals surface area contributed by atoms with E-state index < -0.39 is 0 Å². The Hall–Kier alpha value is 0.170. The zero-order valence-corrected chi connectivity index (χ0v) is 10.4. The number of amides is 1. The van der Waals surface area contributed by atoms with Gasteiger partial charge < -0.3 is 5.32 Å². The molecule has 2 atom stereocenters. The van der Waals surface area contributed by atoms with Crippen LogP contribution in [0.5, 0.6) is 0 Å². The van der Waals surface area contributed by atoms with Gasteiger partial charge in [0.05, 0.1) is 0 Å². The molecule has 0 aromatic rings. The van der Waals surface area contributed by atoms with Gasteiger partial charge in [-0.05, 0) is 24.9 Å². The lowest BCUT2D eigenvalue weighted by atomic mass is 9.95. The molecule has 0 aromatic carbocycles. The summed E-state index contributed by atoms with van der Waals surface area (Å²) >= 11 is 5.94. The molecule has 1 rings (SSSR count). The highest BCUT2D eigenvalue weighted by molar-refractivity contribution is 7.99. The van der Waals surface area contributed by atoms with Crippen LogP contribution in [0.15, 0.2) is 0 Å². The van der Waals surface area contributed by atoms with Crippen molar-refractivity contribution in [2.24, 2.45) is 0 Å². The van der Waals surface area contributed by atoms with Crippen LogP contribution in [-0.2, 0) is 4.79 Å². The summed E-state index contributed by atoms with van der Waals surface area (Å²) in [6, 6.07) is 0.395. The van der Waals surface area contributed by atoms with Gasteiger partial charge in [-0.15, -0.1) is 0 Å². The van der Waals surface area contributed by atoms with Crippen LogP contribution >= 0.6 is 24.4 Å². The van der Waals surface area contributed by atoms with Crippen molar-refractivity contribution in [3.05, 3.63) is 0 Å². The Kier molecular flexibility index (Phi) is 5.78. The van der Waals surface area contributed by atoms with Gasteiger partial charge in [-0.1, -0.05) is 12.8 Å². The van der Waals surface area contributed by atoms with Crippen molar-refractivity contribution in [1.29, 1.82) is 0 Å². The van der Waals surface area contributed by atoms with Gasteiger partial charge in [-0.25, -0.2) is 0 Å². The van der Waals surface area contributed by atoms with E-state index in [-0.39, 0.29) is 5.91 Å². The number of carbonyl (C=O) groups excluding carboxylic acids is 1. The Morgan fingerprint density at radius 1 is 1.50 bits per heavy atom. The number of thioether (sulfide) groups is 1. The molecule has 14 heavy (non-hydrogen) atoms. The fraction of sp³-hybridized carbons (Fsp3) is 0.900. The molecule has 1 amide bonds. The Bertz CT molecular complexity index is 187. The number of carbonyl (C=O) groups is 1. The first-order chi connectivity index (χ1) is 6.77. The molecule has 2 nitrogen and oxygen atoms in total. The second-order valence-corrected chi connectivity index (χ2v) is 5.23. The Morgan fingerprint density at radius 2 is 2.21 bits per heavy atom. The topological polar surface area (TPSA) is 29.1 Å². The van der Waals surface area contributed by atoms with Gasteiger partial charge in [0.25, 0.3) is 0 Å². The van der Waals surface area contributed by atoms with Crippen molar-refractivity contribution in [3.8, 4) is 0 Å².